The van der Waals surface area contributed by atoms with Crippen LogP contribution in [0.1, 0.15) is 36.0 Å². The van der Waals surface area contributed by atoms with Gasteiger partial charge in [-0.05, 0) is 36.4 Å². The highest BCUT2D eigenvalue weighted by molar-refractivity contribution is 6.30. The van der Waals surface area contributed by atoms with Gasteiger partial charge in [-0.1, -0.05) is 23.7 Å². The Hall–Kier alpha value is -2.99. The fraction of sp³-hybridized carbons (Fsp3) is 0.304. The monoisotopic (exact) mass is 423 g/mol. The van der Waals surface area contributed by atoms with E-state index in [0.717, 1.165) is 23.9 Å². The predicted octanol–water partition coefficient (Wildman–Crippen LogP) is 4.32. The molecule has 2 heterocycles. The van der Waals surface area contributed by atoms with Crippen molar-refractivity contribution in [2.45, 2.75) is 31.8 Å². The Balaban J connectivity index is 1.24. The number of para-hydroxylation sites is 2. The third-order valence-corrected chi connectivity index (χ3v) is 5.49. The molecule has 6 nitrogen and oxygen atoms in total. The van der Waals surface area contributed by atoms with Crippen molar-refractivity contribution in [2.24, 2.45) is 0 Å². The van der Waals surface area contributed by atoms with E-state index in [4.69, 9.17) is 16.3 Å². The zero-order valence-electron chi connectivity index (χ0n) is 16.5. The Kier molecular flexibility index (Phi) is 6.23. The maximum atomic E-state index is 12.5. The number of likely N-dealkylation sites (tertiary alicyclic amines) is 1. The number of hydrogen-bond donors (Lipinski definition) is 0. The molecule has 0 unspecified atom stereocenters. The van der Waals surface area contributed by atoms with E-state index in [0.29, 0.717) is 29.6 Å². The number of ketones is 1. The standard InChI is InChI=1S/C23H22ClN3O3/c24-17-7-5-16(6-8-17)21(28)9-10-23(29)27-13-11-18(12-14-27)30-22-15-25-19-3-1-2-4-20(19)26-22/h1-8,15,18H,9-14H2. The first kappa shape index (κ1) is 20.3. The first-order valence-electron chi connectivity index (χ1n) is 10.0. The highest BCUT2D eigenvalue weighted by atomic mass is 35.5. The Labute approximate surface area is 179 Å². The summed E-state index contributed by atoms with van der Waals surface area (Å²) in [4.78, 5) is 35.4. The molecule has 30 heavy (non-hydrogen) atoms. The van der Waals surface area contributed by atoms with E-state index in [2.05, 4.69) is 9.97 Å². The zero-order chi connectivity index (χ0) is 20.9. The number of amides is 1. The van der Waals surface area contributed by atoms with E-state index in [-0.39, 0.29) is 30.6 Å². The average Bonchev–Trinajstić information content (AvgIpc) is 2.78. The van der Waals surface area contributed by atoms with Crippen LogP contribution in [-0.4, -0.2) is 45.8 Å². The molecule has 0 aliphatic carbocycles. The summed E-state index contributed by atoms with van der Waals surface area (Å²) in [6, 6.07) is 14.4. The number of hydrogen-bond acceptors (Lipinski definition) is 5. The summed E-state index contributed by atoms with van der Waals surface area (Å²) in [5.41, 5.74) is 2.21. The van der Waals surface area contributed by atoms with Gasteiger partial charge >= 0.3 is 0 Å². The number of nitrogens with zero attached hydrogens (tertiary/aromatic N) is 3. The maximum absolute atomic E-state index is 12.5. The molecule has 0 bridgehead atoms. The topological polar surface area (TPSA) is 72.4 Å². The van der Waals surface area contributed by atoms with Crippen molar-refractivity contribution < 1.29 is 14.3 Å². The van der Waals surface area contributed by atoms with Crippen molar-refractivity contribution in [3.63, 3.8) is 0 Å². The van der Waals surface area contributed by atoms with Crippen LogP contribution in [-0.2, 0) is 4.79 Å². The fourth-order valence-corrected chi connectivity index (χ4v) is 3.68. The molecule has 1 aliphatic rings. The fourth-order valence-electron chi connectivity index (χ4n) is 3.55. The number of piperidine rings is 1. The molecule has 2 aromatic carbocycles. The summed E-state index contributed by atoms with van der Waals surface area (Å²) < 4.78 is 5.98. The molecule has 1 aliphatic heterocycles. The van der Waals surface area contributed by atoms with Gasteiger partial charge in [0, 0.05) is 49.4 Å². The van der Waals surface area contributed by atoms with Crippen LogP contribution in [0.5, 0.6) is 5.88 Å². The number of fused-ring (bicyclic) bond motifs is 1. The van der Waals surface area contributed by atoms with Crippen molar-refractivity contribution in [1.82, 2.24) is 14.9 Å². The molecule has 0 spiro atoms. The second-order valence-electron chi connectivity index (χ2n) is 7.33. The molecule has 3 aromatic rings. The number of ether oxygens (including phenoxy) is 1. The molecule has 154 valence electrons. The van der Waals surface area contributed by atoms with Gasteiger partial charge in [-0.3, -0.25) is 9.59 Å². The molecule has 1 amide bonds. The van der Waals surface area contributed by atoms with E-state index < -0.39 is 0 Å². The minimum atomic E-state index is -0.0480. The Morgan fingerprint density at radius 2 is 1.70 bits per heavy atom. The third-order valence-electron chi connectivity index (χ3n) is 5.24. The van der Waals surface area contributed by atoms with Crippen LogP contribution in [0.25, 0.3) is 11.0 Å². The molecule has 7 heteroatoms. The summed E-state index contributed by atoms with van der Waals surface area (Å²) >= 11 is 5.84. The lowest BCUT2D eigenvalue weighted by molar-refractivity contribution is -0.132. The largest absolute Gasteiger partial charge is 0.473 e. The molecular formula is C23H22ClN3O3. The second-order valence-corrected chi connectivity index (χ2v) is 7.76. The molecular weight excluding hydrogens is 402 g/mol. The highest BCUT2D eigenvalue weighted by Crippen LogP contribution is 2.20. The molecule has 0 atom stereocenters. The number of halogens is 1. The van der Waals surface area contributed by atoms with Crippen molar-refractivity contribution in [1.29, 1.82) is 0 Å². The molecule has 1 aromatic heterocycles. The zero-order valence-corrected chi connectivity index (χ0v) is 17.2. The summed E-state index contributed by atoms with van der Waals surface area (Å²) in [5, 5.41) is 0.586. The Bertz CT molecular complexity index is 1050. The van der Waals surface area contributed by atoms with Gasteiger partial charge in [0.1, 0.15) is 6.10 Å². The van der Waals surface area contributed by atoms with Gasteiger partial charge in [0.05, 0.1) is 17.2 Å². The average molecular weight is 424 g/mol. The summed E-state index contributed by atoms with van der Waals surface area (Å²) in [7, 11) is 0. The van der Waals surface area contributed by atoms with Gasteiger partial charge in [-0.25, -0.2) is 9.97 Å². The van der Waals surface area contributed by atoms with Gasteiger partial charge in [0.25, 0.3) is 0 Å². The van der Waals surface area contributed by atoms with Crippen molar-refractivity contribution in [3.05, 3.63) is 65.3 Å². The van der Waals surface area contributed by atoms with Crippen LogP contribution in [0.15, 0.2) is 54.7 Å². The van der Waals surface area contributed by atoms with Crippen molar-refractivity contribution in [2.75, 3.05) is 13.1 Å². The predicted molar refractivity (Wildman–Crippen MR) is 115 cm³/mol. The minimum absolute atomic E-state index is 0.000196. The summed E-state index contributed by atoms with van der Waals surface area (Å²) in [6.07, 6.45) is 3.51. The molecule has 0 N–H and O–H groups in total. The van der Waals surface area contributed by atoms with E-state index in [1.807, 2.05) is 24.3 Å². The number of carbonyl (C=O) groups is 2. The van der Waals surface area contributed by atoms with Gasteiger partial charge in [0.15, 0.2) is 5.78 Å². The quantitative estimate of drug-likeness (QED) is 0.552. The number of Topliss-reactive ketones (excluding diaryl/α,β-unsaturated/α-hetero) is 1. The van der Waals surface area contributed by atoms with Crippen LogP contribution in [0.4, 0.5) is 0 Å². The summed E-state index contributed by atoms with van der Waals surface area (Å²) in [5.74, 6) is 0.460. The lowest BCUT2D eigenvalue weighted by Crippen LogP contribution is -2.41. The number of rotatable bonds is 6. The van der Waals surface area contributed by atoms with Crippen molar-refractivity contribution >= 4 is 34.3 Å². The van der Waals surface area contributed by atoms with Crippen LogP contribution in [0.3, 0.4) is 0 Å². The van der Waals surface area contributed by atoms with Crippen LogP contribution in [0, 0.1) is 0 Å². The molecule has 0 saturated carbocycles. The first-order chi connectivity index (χ1) is 14.6. The molecule has 4 rings (SSSR count). The Morgan fingerprint density at radius 1 is 1.00 bits per heavy atom. The minimum Gasteiger partial charge on any atom is -0.473 e. The van der Waals surface area contributed by atoms with Crippen LogP contribution < -0.4 is 4.74 Å². The first-order valence-corrected chi connectivity index (χ1v) is 10.4. The van der Waals surface area contributed by atoms with Crippen LogP contribution in [0.2, 0.25) is 5.02 Å². The van der Waals surface area contributed by atoms with E-state index in [1.165, 1.54) is 0 Å². The molecule has 0 radical (unpaired) electrons. The molecule has 1 fully saturated rings. The number of benzene rings is 2. The van der Waals surface area contributed by atoms with E-state index in [1.54, 1.807) is 35.4 Å². The summed E-state index contributed by atoms with van der Waals surface area (Å²) in [6.45, 7) is 1.22. The second kappa shape index (κ2) is 9.22. The van der Waals surface area contributed by atoms with E-state index in [9.17, 15) is 9.59 Å². The van der Waals surface area contributed by atoms with Gasteiger partial charge in [-0.15, -0.1) is 0 Å². The number of aromatic nitrogens is 2. The molecule has 1 saturated heterocycles. The lowest BCUT2D eigenvalue weighted by Gasteiger charge is -2.32. The normalized spacial score (nSPS) is 14.6. The third kappa shape index (κ3) is 4.94. The lowest BCUT2D eigenvalue weighted by atomic mass is 10.0. The van der Waals surface area contributed by atoms with Crippen molar-refractivity contribution in [3.8, 4) is 5.88 Å². The smallest absolute Gasteiger partial charge is 0.233 e. The van der Waals surface area contributed by atoms with E-state index >= 15 is 0 Å². The maximum Gasteiger partial charge on any atom is 0.233 e. The van der Waals surface area contributed by atoms with Gasteiger partial charge < -0.3 is 9.64 Å². The number of carbonyl (C=O) groups excluding carboxylic acids is 2. The Morgan fingerprint density at radius 3 is 2.43 bits per heavy atom. The van der Waals surface area contributed by atoms with Gasteiger partial charge in [-0.2, -0.15) is 0 Å². The van der Waals surface area contributed by atoms with Gasteiger partial charge in [0.2, 0.25) is 11.8 Å². The highest BCUT2D eigenvalue weighted by Gasteiger charge is 2.24. The SMILES string of the molecule is O=C(CCC(=O)N1CCC(Oc2cnc3ccccc3n2)CC1)c1ccc(Cl)cc1. The van der Waals surface area contributed by atoms with Crippen LogP contribution >= 0.6 is 11.6 Å².